The smallest absolute Gasteiger partial charge is 0.220 e. The van der Waals surface area contributed by atoms with E-state index in [4.69, 9.17) is 4.98 Å². The summed E-state index contributed by atoms with van der Waals surface area (Å²) in [6.45, 7) is 0. The Hall–Kier alpha value is -3.86. The minimum absolute atomic E-state index is 0.0271. The largest absolute Gasteiger partial charge is 0.350 e. The number of para-hydroxylation sites is 3. The quantitative estimate of drug-likeness (QED) is 0.384. The van der Waals surface area contributed by atoms with Gasteiger partial charge in [-0.25, -0.2) is 4.98 Å². The number of aromatic nitrogens is 3. The van der Waals surface area contributed by atoms with E-state index in [1.807, 2.05) is 61.6 Å². The van der Waals surface area contributed by atoms with Crippen LogP contribution < -0.4 is 5.32 Å². The molecule has 2 aromatic heterocycles. The fourth-order valence-electron chi connectivity index (χ4n) is 4.34. The number of carbonyl (C=O) groups is 1. The van der Waals surface area contributed by atoms with Crippen LogP contribution in [0.1, 0.15) is 29.4 Å². The second-order valence-corrected chi connectivity index (χ2v) is 8.23. The van der Waals surface area contributed by atoms with E-state index in [1.165, 1.54) is 16.5 Å². The Balaban J connectivity index is 1.34. The van der Waals surface area contributed by atoms with Gasteiger partial charge in [-0.3, -0.25) is 4.79 Å². The Kier molecular flexibility index (Phi) is 5.46. The molecule has 0 saturated carbocycles. The molecule has 1 unspecified atom stereocenters. The first-order valence-electron chi connectivity index (χ1n) is 11.0. The summed E-state index contributed by atoms with van der Waals surface area (Å²) < 4.78 is 2.12. The molecule has 0 spiro atoms. The molecule has 5 nitrogen and oxygen atoms in total. The number of amides is 1. The van der Waals surface area contributed by atoms with E-state index in [9.17, 15) is 4.79 Å². The molecule has 0 bridgehead atoms. The van der Waals surface area contributed by atoms with Gasteiger partial charge in [-0.05, 0) is 42.2 Å². The van der Waals surface area contributed by atoms with Gasteiger partial charge in [0.1, 0.15) is 5.82 Å². The normalized spacial score (nSPS) is 12.3. The standard InChI is InChI=1S/C27H26N4O/c1-31-18-20(21-11-5-8-14-25(21)31)15-16-26(32)28-24(17-19-9-3-2-4-10-19)27-29-22-12-6-7-13-23(22)30-27/h2-14,18,24H,15-17H2,1H3,(H,28,32)(H,29,30). The molecule has 3 aromatic carbocycles. The van der Waals surface area contributed by atoms with E-state index in [0.29, 0.717) is 19.3 Å². The number of hydrogen-bond donors (Lipinski definition) is 2. The number of fused-ring (bicyclic) bond motifs is 2. The molecule has 160 valence electrons. The summed E-state index contributed by atoms with van der Waals surface area (Å²) in [6.07, 6.45) is 3.93. The van der Waals surface area contributed by atoms with Crippen LogP contribution in [0.15, 0.2) is 85.1 Å². The highest BCUT2D eigenvalue weighted by atomic mass is 16.1. The van der Waals surface area contributed by atoms with Gasteiger partial charge in [-0.15, -0.1) is 0 Å². The van der Waals surface area contributed by atoms with Crippen molar-refractivity contribution in [3.8, 4) is 0 Å². The minimum atomic E-state index is -0.218. The first-order valence-corrected chi connectivity index (χ1v) is 11.0. The van der Waals surface area contributed by atoms with Crippen molar-refractivity contribution in [3.63, 3.8) is 0 Å². The molecule has 0 aliphatic rings. The molecule has 0 saturated heterocycles. The summed E-state index contributed by atoms with van der Waals surface area (Å²) in [5.74, 6) is 0.813. The van der Waals surface area contributed by atoms with Gasteiger partial charge in [0.2, 0.25) is 5.91 Å². The highest BCUT2D eigenvalue weighted by Crippen LogP contribution is 2.23. The Labute approximate surface area is 187 Å². The number of aryl methyl sites for hydroxylation is 2. The highest BCUT2D eigenvalue weighted by Gasteiger charge is 2.19. The van der Waals surface area contributed by atoms with Crippen LogP contribution in [0.5, 0.6) is 0 Å². The first-order chi connectivity index (χ1) is 15.7. The molecule has 32 heavy (non-hydrogen) atoms. The summed E-state index contributed by atoms with van der Waals surface area (Å²) in [4.78, 5) is 21.1. The van der Waals surface area contributed by atoms with Gasteiger partial charge in [0.25, 0.3) is 0 Å². The van der Waals surface area contributed by atoms with Crippen molar-refractivity contribution in [2.75, 3.05) is 0 Å². The first kappa shape index (κ1) is 20.1. The number of nitrogens with zero attached hydrogens (tertiary/aromatic N) is 2. The molecule has 2 heterocycles. The van der Waals surface area contributed by atoms with E-state index in [1.54, 1.807) is 0 Å². The Morgan fingerprint density at radius 1 is 1.00 bits per heavy atom. The van der Waals surface area contributed by atoms with Crippen LogP contribution in [-0.4, -0.2) is 20.4 Å². The van der Waals surface area contributed by atoms with Crippen LogP contribution >= 0.6 is 0 Å². The third kappa shape index (κ3) is 4.14. The molecule has 2 N–H and O–H groups in total. The molecule has 0 aliphatic carbocycles. The molecular formula is C27H26N4O. The molecule has 5 rings (SSSR count). The van der Waals surface area contributed by atoms with Crippen molar-refractivity contribution >= 4 is 27.8 Å². The van der Waals surface area contributed by atoms with Gasteiger partial charge in [-0.2, -0.15) is 0 Å². The van der Waals surface area contributed by atoms with Gasteiger partial charge < -0.3 is 14.9 Å². The monoisotopic (exact) mass is 422 g/mol. The maximum Gasteiger partial charge on any atom is 0.220 e. The maximum atomic E-state index is 13.0. The van der Waals surface area contributed by atoms with E-state index >= 15 is 0 Å². The second kappa shape index (κ2) is 8.71. The number of carbonyl (C=O) groups excluding carboxylic acids is 1. The number of imidazole rings is 1. The number of aromatic amines is 1. The predicted octanol–water partition coefficient (Wildman–Crippen LogP) is 5.09. The fraction of sp³-hybridized carbons (Fsp3) is 0.185. The zero-order valence-electron chi connectivity index (χ0n) is 18.1. The fourth-order valence-corrected chi connectivity index (χ4v) is 4.34. The van der Waals surface area contributed by atoms with Crippen LogP contribution in [0.25, 0.3) is 21.9 Å². The number of H-pyrrole nitrogens is 1. The zero-order chi connectivity index (χ0) is 21.9. The Morgan fingerprint density at radius 3 is 2.59 bits per heavy atom. The third-order valence-corrected chi connectivity index (χ3v) is 5.96. The lowest BCUT2D eigenvalue weighted by Gasteiger charge is -2.17. The lowest BCUT2D eigenvalue weighted by atomic mass is 10.0. The van der Waals surface area contributed by atoms with Crippen molar-refractivity contribution in [3.05, 3.63) is 102 Å². The molecule has 0 fully saturated rings. The van der Waals surface area contributed by atoms with Crippen molar-refractivity contribution in [1.29, 1.82) is 0 Å². The minimum Gasteiger partial charge on any atom is -0.350 e. The van der Waals surface area contributed by atoms with Gasteiger partial charge in [0, 0.05) is 30.6 Å². The molecule has 0 aliphatic heterocycles. The van der Waals surface area contributed by atoms with Crippen LogP contribution in [0, 0.1) is 0 Å². The average molecular weight is 423 g/mol. The number of benzene rings is 3. The van der Waals surface area contributed by atoms with Crippen molar-refractivity contribution in [1.82, 2.24) is 19.9 Å². The Bertz CT molecular complexity index is 1330. The summed E-state index contributed by atoms with van der Waals surface area (Å²) in [6, 6.07) is 26.3. The maximum absolute atomic E-state index is 13.0. The van der Waals surface area contributed by atoms with Crippen molar-refractivity contribution in [2.24, 2.45) is 7.05 Å². The lowest BCUT2D eigenvalue weighted by Crippen LogP contribution is -2.31. The number of hydrogen-bond acceptors (Lipinski definition) is 2. The van der Waals surface area contributed by atoms with Crippen LogP contribution in [-0.2, 0) is 24.7 Å². The molecule has 1 atom stereocenters. The lowest BCUT2D eigenvalue weighted by molar-refractivity contribution is -0.121. The van der Waals surface area contributed by atoms with E-state index < -0.39 is 0 Å². The van der Waals surface area contributed by atoms with Crippen LogP contribution in [0.4, 0.5) is 0 Å². The third-order valence-electron chi connectivity index (χ3n) is 5.96. The summed E-state index contributed by atoms with van der Waals surface area (Å²) in [7, 11) is 2.05. The Morgan fingerprint density at radius 2 is 1.75 bits per heavy atom. The average Bonchev–Trinajstić information content (AvgIpc) is 3.39. The number of nitrogens with one attached hydrogen (secondary N) is 2. The molecule has 5 heteroatoms. The van der Waals surface area contributed by atoms with E-state index in [-0.39, 0.29) is 11.9 Å². The van der Waals surface area contributed by atoms with Crippen LogP contribution in [0.2, 0.25) is 0 Å². The molecular weight excluding hydrogens is 396 g/mol. The molecule has 1 amide bonds. The second-order valence-electron chi connectivity index (χ2n) is 8.23. The SMILES string of the molecule is Cn1cc(CCC(=O)NC(Cc2ccccc2)c2nc3ccccc3[nH]2)c2ccccc21. The van der Waals surface area contributed by atoms with Crippen LogP contribution in [0.3, 0.4) is 0 Å². The summed E-state index contributed by atoms with van der Waals surface area (Å²) in [5.41, 5.74) is 5.43. The van der Waals surface area contributed by atoms with Gasteiger partial charge in [-0.1, -0.05) is 60.7 Å². The molecule has 0 radical (unpaired) electrons. The van der Waals surface area contributed by atoms with Crippen molar-refractivity contribution < 1.29 is 4.79 Å². The van der Waals surface area contributed by atoms with Crippen molar-refractivity contribution in [2.45, 2.75) is 25.3 Å². The predicted molar refractivity (Wildman–Crippen MR) is 128 cm³/mol. The zero-order valence-corrected chi connectivity index (χ0v) is 18.1. The topological polar surface area (TPSA) is 62.7 Å². The number of rotatable bonds is 7. The molecule has 5 aromatic rings. The van der Waals surface area contributed by atoms with Gasteiger partial charge in [0.05, 0.1) is 17.1 Å². The summed E-state index contributed by atoms with van der Waals surface area (Å²) >= 11 is 0. The van der Waals surface area contributed by atoms with E-state index in [0.717, 1.165) is 22.4 Å². The van der Waals surface area contributed by atoms with Gasteiger partial charge >= 0.3 is 0 Å². The van der Waals surface area contributed by atoms with E-state index in [2.05, 4.69) is 45.3 Å². The summed E-state index contributed by atoms with van der Waals surface area (Å²) in [5, 5.41) is 4.44. The highest BCUT2D eigenvalue weighted by molar-refractivity contribution is 5.85. The van der Waals surface area contributed by atoms with Gasteiger partial charge in [0.15, 0.2) is 0 Å².